The van der Waals surface area contributed by atoms with Gasteiger partial charge in [0.15, 0.2) is 0 Å². The quantitative estimate of drug-likeness (QED) is 0.934. The van der Waals surface area contributed by atoms with Gasteiger partial charge in [0.05, 0.1) is 22.5 Å². The second kappa shape index (κ2) is 5.93. The van der Waals surface area contributed by atoms with Crippen LogP contribution in [0, 0.1) is 5.41 Å². The van der Waals surface area contributed by atoms with Gasteiger partial charge in [-0.3, -0.25) is 4.90 Å². The highest BCUT2D eigenvalue weighted by Crippen LogP contribution is 2.38. The van der Waals surface area contributed by atoms with Gasteiger partial charge in [-0.15, -0.1) is 0 Å². The van der Waals surface area contributed by atoms with E-state index in [1.807, 2.05) is 48.3 Å². The minimum Gasteiger partial charge on any atom is -0.390 e. The third-order valence-electron chi connectivity index (χ3n) is 5.13. The number of para-hydroxylation sites is 1. The van der Waals surface area contributed by atoms with Crippen LogP contribution in [0.25, 0.3) is 5.69 Å². The standard InChI is InChI=1S/C18H24ClN3O/c1-17(2)13-21(9-8-18(17,3)23)11-14-10-20-22(12-14)16-7-5-4-6-15(16)19/h4-7,10,12,23H,8-9,11,13H2,1-3H3/t18-/m0/s1. The molecule has 0 aliphatic carbocycles. The summed E-state index contributed by atoms with van der Waals surface area (Å²) >= 11 is 6.23. The molecule has 0 spiro atoms. The van der Waals surface area contributed by atoms with E-state index >= 15 is 0 Å². The molecule has 1 aliphatic rings. The number of nitrogens with zero attached hydrogens (tertiary/aromatic N) is 3. The lowest BCUT2D eigenvalue weighted by Crippen LogP contribution is -2.55. The molecule has 1 saturated heterocycles. The van der Waals surface area contributed by atoms with Crippen LogP contribution in [0.1, 0.15) is 32.8 Å². The summed E-state index contributed by atoms with van der Waals surface area (Å²) in [5.74, 6) is 0. The van der Waals surface area contributed by atoms with Crippen molar-refractivity contribution in [2.75, 3.05) is 13.1 Å². The largest absolute Gasteiger partial charge is 0.390 e. The molecular formula is C18H24ClN3O. The molecular weight excluding hydrogens is 310 g/mol. The van der Waals surface area contributed by atoms with E-state index in [2.05, 4.69) is 23.8 Å². The molecule has 1 atom stereocenters. The third-order valence-corrected chi connectivity index (χ3v) is 5.45. The fourth-order valence-electron chi connectivity index (χ4n) is 3.13. The number of likely N-dealkylation sites (tertiary alicyclic amines) is 1. The Morgan fingerprint density at radius 3 is 2.70 bits per heavy atom. The first-order valence-electron chi connectivity index (χ1n) is 8.02. The molecule has 1 aromatic heterocycles. The lowest BCUT2D eigenvalue weighted by molar-refractivity contribution is -0.107. The first-order chi connectivity index (χ1) is 10.8. The molecule has 2 aromatic rings. The lowest BCUT2D eigenvalue weighted by atomic mass is 9.71. The van der Waals surface area contributed by atoms with Gasteiger partial charge in [0.1, 0.15) is 0 Å². The highest BCUT2D eigenvalue weighted by atomic mass is 35.5. The number of benzene rings is 1. The van der Waals surface area contributed by atoms with E-state index in [0.717, 1.165) is 37.3 Å². The first kappa shape index (κ1) is 16.5. The smallest absolute Gasteiger partial charge is 0.0831 e. The summed E-state index contributed by atoms with van der Waals surface area (Å²) < 4.78 is 1.82. The molecule has 4 nitrogen and oxygen atoms in total. The van der Waals surface area contributed by atoms with E-state index in [0.29, 0.717) is 5.02 Å². The van der Waals surface area contributed by atoms with Gasteiger partial charge < -0.3 is 5.11 Å². The van der Waals surface area contributed by atoms with Gasteiger partial charge in [0.25, 0.3) is 0 Å². The highest BCUT2D eigenvalue weighted by Gasteiger charge is 2.43. The molecule has 0 saturated carbocycles. The van der Waals surface area contributed by atoms with Crippen LogP contribution in [0.4, 0.5) is 0 Å². The highest BCUT2D eigenvalue weighted by molar-refractivity contribution is 6.32. The van der Waals surface area contributed by atoms with E-state index in [-0.39, 0.29) is 5.41 Å². The zero-order chi connectivity index (χ0) is 16.7. The molecule has 0 bridgehead atoms. The summed E-state index contributed by atoms with van der Waals surface area (Å²) in [4.78, 5) is 2.38. The van der Waals surface area contributed by atoms with Gasteiger partial charge in [-0.2, -0.15) is 5.10 Å². The van der Waals surface area contributed by atoms with Crippen LogP contribution in [0.15, 0.2) is 36.7 Å². The van der Waals surface area contributed by atoms with Gasteiger partial charge in [-0.25, -0.2) is 4.68 Å². The molecule has 2 heterocycles. The number of rotatable bonds is 3. The van der Waals surface area contributed by atoms with Crippen LogP contribution in [0.5, 0.6) is 0 Å². The van der Waals surface area contributed by atoms with Crippen molar-refractivity contribution >= 4 is 11.6 Å². The molecule has 3 rings (SSSR count). The Morgan fingerprint density at radius 1 is 1.26 bits per heavy atom. The zero-order valence-electron chi connectivity index (χ0n) is 14.0. The molecule has 1 aliphatic heterocycles. The van der Waals surface area contributed by atoms with Crippen LogP contribution in [-0.2, 0) is 6.54 Å². The second-order valence-corrected chi connectivity index (χ2v) is 7.77. The van der Waals surface area contributed by atoms with Crippen molar-refractivity contribution in [2.45, 2.75) is 39.3 Å². The summed E-state index contributed by atoms with van der Waals surface area (Å²) in [6.45, 7) is 8.81. The lowest BCUT2D eigenvalue weighted by Gasteiger charge is -2.48. The fraction of sp³-hybridized carbons (Fsp3) is 0.500. The van der Waals surface area contributed by atoms with E-state index in [4.69, 9.17) is 11.6 Å². The average Bonchev–Trinajstić information content (AvgIpc) is 2.92. The normalized spacial score (nSPS) is 24.7. The number of aliphatic hydroxyl groups is 1. The van der Waals surface area contributed by atoms with E-state index in [9.17, 15) is 5.11 Å². The Balaban J connectivity index is 1.72. The molecule has 0 unspecified atom stereocenters. The van der Waals surface area contributed by atoms with Crippen molar-refractivity contribution in [3.63, 3.8) is 0 Å². The van der Waals surface area contributed by atoms with Crippen molar-refractivity contribution in [3.05, 3.63) is 47.2 Å². The Morgan fingerprint density at radius 2 is 2.00 bits per heavy atom. The molecule has 1 aromatic carbocycles. The van der Waals surface area contributed by atoms with Gasteiger partial charge in [0.2, 0.25) is 0 Å². The monoisotopic (exact) mass is 333 g/mol. The van der Waals surface area contributed by atoms with Crippen molar-refractivity contribution < 1.29 is 5.11 Å². The maximum Gasteiger partial charge on any atom is 0.0831 e. The number of hydrogen-bond donors (Lipinski definition) is 1. The SMILES string of the molecule is CC1(C)CN(Cc2cnn(-c3ccccc3Cl)c2)CC[C@]1(C)O. The van der Waals surface area contributed by atoms with Crippen LogP contribution >= 0.6 is 11.6 Å². The minimum atomic E-state index is -0.606. The number of hydrogen-bond acceptors (Lipinski definition) is 3. The minimum absolute atomic E-state index is 0.121. The van der Waals surface area contributed by atoms with Crippen molar-refractivity contribution in [1.29, 1.82) is 0 Å². The van der Waals surface area contributed by atoms with Gasteiger partial charge in [-0.05, 0) is 25.5 Å². The Labute approximate surface area is 142 Å². The Kier molecular flexibility index (Phi) is 4.25. The molecule has 1 fully saturated rings. The molecule has 0 radical (unpaired) electrons. The van der Waals surface area contributed by atoms with Crippen molar-refractivity contribution in [1.82, 2.24) is 14.7 Å². The van der Waals surface area contributed by atoms with Crippen LogP contribution in [0.2, 0.25) is 5.02 Å². The second-order valence-electron chi connectivity index (χ2n) is 7.36. The number of aromatic nitrogens is 2. The van der Waals surface area contributed by atoms with Gasteiger partial charge in [0, 0.05) is 36.8 Å². The topological polar surface area (TPSA) is 41.3 Å². The van der Waals surface area contributed by atoms with Gasteiger partial charge >= 0.3 is 0 Å². The number of halogens is 1. The average molecular weight is 334 g/mol. The molecule has 5 heteroatoms. The predicted molar refractivity (Wildman–Crippen MR) is 92.9 cm³/mol. The summed E-state index contributed by atoms with van der Waals surface area (Å²) in [6, 6.07) is 7.70. The fourth-order valence-corrected chi connectivity index (χ4v) is 3.35. The number of piperidine rings is 1. The molecule has 1 N–H and O–H groups in total. The zero-order valence-corrected chi connectivity index (χ0v) is 14.7. The van der Waals surface area contributed by atoms with Crippen LogP contribution in [0.3, 0.4) is 0 Å². The molecule has 0 amide bonds. The Hall–Kier alpha value is -1.36. The van der Waals surface area contributed by atoms with Crippen molar-refractivity contribution in [2.24, 2.45) is 5.41 Å². The Bertz CT molecular complexity index is 693. The summed E-state index contributed by atoms with van der Waals surface area (Å²) in [7, 11) is 0. The summed E-state index contributed by atoms with van der Waals surface area (Å²) in [5, 5.41) is 15.6. The summed E-state index contributed by atoms with van der Waals surface area (Å²) in [6.07, 6.45) is 4.71. The van der Waals surface area contributed by atoms with E-state index in [1.165, 1.54) is 0 Å². The molecule has 23 heavy (non-hydrogen) atoms. The maximum absolute atomic E-state index is 10.5. The first-order valence-corrected chi connectivity index (χ1v) is 8.39. The van der Waals surface area contributed by atoms with Crippen molar-refractivity contribution in [3.8, 4) is 5.69 Å². The predicted octanol–water partition coefficient (Wildman–Crippen LogP) is 3.51. The van der Waals surface area contributed by atoms with Crippen LogP contribution in [-0.4, -0.2) is 38.5 Å². The van der Waals surface area contributed by atoms with Gasteiger partial charge in [-0.1, -0.05) is 37.6 Å². The van der Waals surface area contributed by atoms with E-state index in [1.54, 1.807) is 0 Å². The maximum atomic E-state index is 10.5. The molecule has 124 valence electrons. The van der Waals surface area contributed by atoms with Crippen LogP contribution < -0.4 is 0 Å². The summed E-state index contributed by atoms with van der Waals surface area (Å²) in [5.41, 5.74) is 1.32. The van der Waals surface area contributed by atoms with E-state index < -0.39 is 5.60 Å². The third kappa shape index (κ3) is 3.30.